The molecule has 0 bridgehead atoms. The smallest absolute Gasteiger partial charge is 0.317 e. The van der Waals surface area contributed by atoms with Crippen LogP contribution in [0.4, 0.5) is 11.7 Å². The van der Waals surface area contributed by atoms with Gasteiger partial charge in [0.2, 0.25) is 5.89 Å². The van der Waals surface area contributed by atoms with Crippen LogP contribution >= 0.6 is 0 Å². The zero-order valence-corrected chi connectivity index (χ0v) is 8.64. The summed E-state index contributed by atoms with van der Waals surface area (Å²) >= 11 is 0. The van der Waals surface area contributed by atoms with Crippen molar-refractivity contribution in [2.45, 2.75) is 0 Å². The summed E-state index contributed by atoms with van der Waals surface area (Å²) in [5.41, 5.74) is 7.16. The fourth-order valence-electron chi connectivity index (χ4n) is 1.14. The summed E-state index contributed by atoms with van der Waals surface area (Å²) in [4.78, 5) is 1.76. The molecule has 5 nitrogen and oxygen atoms in total. The van der Waals surface area contributed by atoms with E-state index in [1.165, 1.54) is 0 Å². The second kappa shape index (κ2) is 3.61. The summed E-state index contributed by atoms with van der Waals surface area (Å²) < 4.78 is 5.43. The minimum atomic E-state index is 0.488. The van der Waals surface area contributed by atoms with Crippen LogP contribution in [-0.2, 0) is 0 Å². The number of nitrogens with zero attached hydrogens (tertiary/aromatic N) is 3. The van der Waals surface area contributed by atoms with Crippen molar-refractivity contribution in [2.24, 2.45) is 0 Å². The lowest BCUT2D eigenvalue weighted by Gasteiger charge is -2.02. The molecule has 0 aliphatic heterocycles. The lowest BCUT2D eigenvalue weighted by molar-refractivity contribution is 0.566. The number of benzene rings is 1. The largest absolute Gasteiger partial charge is 0.403 e. The number of hydrogen-bond donors (Lipinski definition) is 1. The van der Waals surface area contributed by atoms with E-state index in [0.717, 1.165) is 5.56 Å². The minimum absolute atomic E-state index is 0.488. The fourth-order valence-corrected chi connectivity index (χ4v) is 1.14. The zero-order valence-electron chi connectivity index (χ0n) is 8.64. The predicted octanol–water partition coefficient (Wildman–Crippen LogP) is 1.38. The Morgan fingerprint density at radius 3 is 2.33 bits per heavy atom. The van der Waals surface area contributed by atoms with Crippen molar-refractivity contribution in [3.05, 3.63) is 24.3 Å². The van der Waals surface area contributed by atoms with E-state index in [2.05, 4.69) is 10.2 Å². The maximum absolute atomic E-state index is 5.58. The average Bonchev–Trinajstić information content (AvgIpc) is 2.68. The van der Waals surface area contributed by atoms with E-state index in [4.69, 9.17) is 10.2 Å². The van der Waals surface area contributed by atoms with Gasteiger partial charge in [0.25, 0.3) is 0 Å². The van der Waals surface area contributed by atoms with Crippen molar-refractivity contribution >= 4 is 11.7 Å². The van der Waals surface area contributed by atoms with Gasteiger partial charge in [0.1, 0.15) is 0 Å². The van der Waals surface area contributed by atoms with Crippen LogP contribution in [-0.4, -0.2) is 24.3 Å². The molecule has 1 aromatic carbocycles. The van der Waals surface area contributed by atoms with Crippen molar-refractivity contribution in [1.29, 1.82) is 0 Å². The number of hydrogen-bond acceptors (Lipinski definition) is 5. The number of rotatable bonds is 2. The summed E-state index contributed by atoms with van der Waals surface area (Å²) in [7, 11) is 3.69. The van der Waals surface area contributed by atoms with Crippen LogP contribution < -0.4 is 10.6 Å². The molecule has 0 saturated carbocycles. The molecule has 2 rings (SSSR count). The van der Waals surface area contributed by atoms with Crippen LogP contribution in [0.25, 0.3) is 11.5 Å². The van der Waals surface area contributed by atoms with Crippen LogP contribution in [0.3, 0.4) is 0 Å². The van der Waals surface area contributed by atoms with Crippen molar-refractivity contribution in [2.75, 3.05) is 24.7 Å². The molecule has 0 spiro atoms. The van der Waals surface area contributed by atoms with Crippen molar-refractivity contribution in [1.82, 2.24) is 10.2 Å². The minimum Gasteiger partial charge on any atom is -0.403 e. The standard InChI is InChI=1S/C10H12N4O/c1-14(2)10-13-12-9(15-10)7-3-5-8(11)6-4-7/h3-6H,11H2,1-2H3. The van der Waals surface area contributed by atoms with Gasteiger partial charge >= 0.3 is 6.01 Å². The van der Waals surface area contributed by atoms with E-state index >= 15 is 0 Å². The number of aromatic nitrogens is 2. The van der Waals surface area contributed by atoms with Crippen LogP contribution in [0.1, 0.15) is 0 Å². The highest BCUT2D eigenvalue weighted by Gasteiger charge is 2.08. The quantitative estimate of drug-likeness (QED) is 0.748. The fraction of sp³-hybridized carbons (Fsp3) is 0.200. The number of nitrogens with two attached hydrogens (primary N) is 1. The van der Waals surface area contributed by atoms with Gasteiger partial charge in [-0.3, -0.25) is 0 Å². The molecular formula is C10H12N4O. The molecule has 0 aliphatic rings. The van der Waals surface area contributed by atoms with Crippen LogP contribution in [0.5, 0.6) is 0 Å². The first kappa shape index (κ1) is 9.51. The molecule has 1 heterocycles. The lowest BCUT2D eigenvalue weighted by Crippen LogP contribution is -2.08. The van der Waals surface area contributed by atoms with Gasteiger partial charge in [-0.2, -0.15) is 0 Å². The molecule has 0 amide bonds. The molecule has 0 unspecified atom stereocenters. The summed E-state index contributed by atoms with van der Waals surface area (Å²) in [6, 6.07) is 7.79. The SMILES string of the molecule is CN(C)c1nnc(-c2ccc(N)cc2)o1. The maximum atomic E-state index is 5.58. The van der Waals surface area contributed by atoms with Gasteiger partial charge in [-0.25, -0.2) is 0 Å². The van der Waals surface area contributed by atoms with E-state index in [1.54, 1.807) is 17.0 Å². The van der Waals surface area contributed by atoms with Gasteiger partial charge in [-0.05, 0) is 24.3 Å². The molecule has 78 valence electrons. The number of nitrogen functional groups attached to an aromatic ring is 1. The third-order valence-electron chi connectivity index (χ3n) is 1.95. The van der Waals surface area contributed by atoms with Gasteiger partial charge in [-0.1, -0.05) is 5.10 Å². The molecular weight excluding hydrogens is 192 g/mol. The highest BCUT2D eigenvalue weighted by Crippen LogP contribution is 2.21. The Hall–Kier alpha value is -2.04. The van der Waals surface area contributed by atoms with E-state index in [-0.39, 0.29) is 0 Å². The lowest BCUT2D eigenvalue weighted by atomic mass is 10.2. The third kappa shape index (κ3) is 1.90. The Balaban J connectivity index is 2.33. The predicted molar refractivity (Wildman–Crippen MR) is 58.5 cm³/mol. The molecule has 2 aromatic rings. The highest BCUT2D eigenvalue weighted by molar-refractivity contribution is 5.57. The van der Waals surface area contributed by atoms with Crippen LogP contribution in [0, 0.1) is 0 Å². The van der Waals surface area contributed by atoms with Gasteiger partial charge in [0, 0.05) is 25.3 Å². The zero-order chi connectivity index (χ0) is 10.8. The number of anilines is 2. The molecule has 1 aromatic heterocycles. The van der Waals surface area contributed by atoms with Crippen molar-refractivity contribution in [3.8, 4) is 11.5 Å². The first-order valence-electron chi connectivity index (χ1n) is 4.53. The van der Waals surface area contributed by atoms with Crippen molar-refractivity contribution in [3.63, 3.8) is 0 Å². The summed E-state index contributed by atoms with van der Waals surface area (Å²) in [6.07, 6.45) is 0. The first-order chi connectivity index (χ1) is 7.16. The molecule has 15 heavy (non-hydrogen) atoms. The molecule has 2 N–H and O–H groups in total. The Labute approximate surface area is 87.5 Å². The maximum Gasteiger partial charge on any atom is 0.317 e. The normalized spacial score (nSPS) is 10.3. The van der Waals surface area contributed by atoms with Gasteiger partial charge in [-0.15, -0.1) is 5.10 Å². The molecule has 0 radical (unpaired) electrons. The van der Waals surface area contributed by atoms with E-state index in [0.29, 0.717) is 17.6 Å². The van der Waals surface area contributed by atoms with Crippen LogP contribution in [0.15, 0.2) is 28.7 Å². The first-order valence-corrected chi connectivity index (χ1v) is 4.53. The summed E-state index contributed by atoms with van der Waals surface area (Å²) in [6.45, 7) is 0. The summed E-state index contributed by atoms with van der Waals surface area (Å²) in [5, 5.41) is 7.83. The second-order valence-electron chi connectivity index (χ2n) is 3.41. The summed E-state index contributed by atoms with van der Waals surface area (Å²) in [5.74, 6) is 0.499. The van der Waals surface area contributed by atoms with E-state index in [9.17, 15) is 0 Å². The Morgan fingerprint density at radius 1 is 1.13 bits per heavy atom. The average molecular weight is 204 g/mol. The highest BCUT2D eigenvalue weighted by atomic mass is 16.4. The Bertz CT molecular complexity index is 447. The Morgan fingerprint density at radius 2 is 1.80 bits per heavy atom. The van der Waals surface area contributed by atoms with Gasteiger partial charge in [0.15, 0.2) is 0 Å². The van der Waals surface area contributed by atoms with Gasteiger partial charge < -0.3 is 15.1 Å². The molecule has 0 aliphatic carbocycles. The molecule has 5 heteroatoms. The topological polar surface area (TPSA) is 68.2 Å². The van der Waals surface area contributed by atoms with Crippen molar-refractivity contribution < 1.29 is 4.42 Å². The second-order valence-corrected chi connectivity index (χ2v) is 3.41. The monoisotopic (exact) mass is 204 g/mol. The molecule has 0 fully saturated rings. The van der Waals surface area contributed by atoms with Gasteiger partial charge in [0.05, 0.1) is 0 Å². The third-order valence-corrected chi connectivity index (χ3v) is 1.95. The Kier molecular flexibility index (Phi) is 2.29. The van der Waals surface area contributed by atoms with E-state index in [1.807, 2.05) is 26.2 Å². The van der Waals surface area contributed by atoms with Crippen LogP contribution in [0.2, 0.25) is 0 Å². The molecule has 0 atom stereocenters. The van der Waals surface area contributed by atoms with E-state index < -0.39 is 0 Å². The molecule has 0 saturated heterocycles.